The van der Waals surface area contributed by atoms with Crippen molar-refractivity contribution in [3.63, 3.8) is 0 Å². The number of carbonyl (C=O) groups is 1. The fourth-order valence-corrected chi connectivity index (χ4v) is 4.06. The molecule has 0 atom stereocenters. The number of nitrogens with zero attached hydrogens (tertiary/aromatic N) is 4. The number of ether oxygens (including phenoxy) is 1. The van der Waals surface area contributed by atoms with Crippen molar-refractivity contribution in [2.45, 2.75) is 13.8 Å². The van der Waals surface area contributed by atoms with Crippen LogP contribution in [0.5, 0.6) is 5.75 Å². The normalized spacial score (nSPS) is 11.0. The maximum Gasteiger partial charge on any atom is 0.259 e. The Labute approximate surface area is 173 Å². The van der Waals surface area contributed by atoms with Crippen LogP contribution in [0, 0.1) is 13.8 Å². The topological polar surface area (TPSA) is 81.4 Å². The van der Waals surface area contributed by atoms with Gasteiger partial charge in [-0.15, -0.1) is 10.2 Å². The first kappa shape index (κ1) is 18.6. The molecule has 4 aromatic rings. The lowest BCUT2D eigenvalue weighted by molar-refractivity contribution is 0.102. The summed E-state index contributed by atoms with van der Waals surface area (Å²) in [5, 5.41) is 16.5. The molecule has 0 saturated heterocycles. The molecule has 9 heteroatoms. The molecule has 0 aliphatic heterocycles. The Morgan fingerprint density at radius 1 is 1.18 bits per heavy atom. The van der Waals surface area contributed by atoms with Gasteiger partial charge in [-0.05, 0) is 55.8 Å². The van der Waals surface area contributed by atoms with E-state index in [1.54, 1.807) is 23.8 Å². The predicted molar refractivity (Wildman–Crippen MR) is 112 cm³/mol. The average Bonchev–Trinajstić information content (AvgIpc) is 3.25. The zero-order chi connectivity index (χ0) is 19.8. The molecule has 0 aliphatic carbocycles. The van der Waals surface area contributed by atoms with E-state index >= 15 is 0 Å². The van der Waals surface area contributed by atoms with Crippen LogP contribution >= 0.6 is 27.3 Å². The maximum absolute atomic E-state index is 12.7. The minimum Gasteiger partial charge on any atom is -0.496 e. The van der Waals surface area contributed by atoms with Gasteiger partial charge in [0.05, 0.1) is 12.7 Å². The quantitative estimate of drug-likeness (QED) is 0.487. The van der Waals surface area contributed by atoms with E-state index in [0.29, 0.717) is 11.3 Å². The number of hydrogen-bond acceptors (Lipinski definition) is 6. The Hall–Kier alpha value is -2.78. The molecule has 0 unspecified atom stereocenters. The van der Waals surface area contributed by atoms with Gasteiger partial charge in [0.15, 0.2) is 5.82 Å². The predicted octanol–water partition coefficient (Wildman–Crippen LogP) is 4.49. The highest BCUT2D eigenvalue weighted by atomic mass is 79.9. The van der Waals surface area contributed by atoms with Gasteiger partial charge in [-0.25, -0.2) is 0 Å². The standard InChI is InChI=1S/C19H16BrN5O2S/c1-10-8-12(18-24-25-11(2)22-23-19(25)28-18)4-6-15(10)21-17(26)14-9-13(20)5-7-16(14)27-3/h4-9H,1-3H3,(H,21,26). The highest BCUT2D eigenvalue weighted by Gasteiger charge is 2.15. The summed E-state index contributed by atoms with van der Waals surface area (Å²) in [4.78, 5) is 13.5. The van der Waals surface area contributed by atoms with Gasteiger partial charge in [-0.2, -0.15) is 9.61 Å². The number of amides is 1. The lowest BCUT2D eigenvalue weighted by Crippen LogP contribution is -2.14. The van der Waals surface area contributed by atoms with Crippen molar-refractivity contribution in [2.75, 3.05) is 12.4 Å². The Morgan fingerprint density at radius 2 is 2.00 bits per heavy atom. The number of anilines is 1. The second-order valence-electron chi connectivity index (χ2n) is 6.18. The molecule has 28 heavy (non-hydrogen) atoms. The molecular weight excluding hydrogens is 442 g/mol. The highest BCUT2D eigenvalue weighted by Crippen LogP contribution is 2.30. The van der Waals surface area contributed by atoms with Crippen molar-refractivity contribution in [2.24, 2.45) is 0 Å². The van der Waals surface area contributed by atoms with Gasteiger partial charge in [0.2, 0.25) is 4.96 Å². The summed E-state index contributed by atoms with van der Waals surface area (Å²) in [5.74, 6) is 1.04. The van der Waals surface area contributed by atoms with Gasteiger partial charge in [-0.3, -0.25) is 4.79 Å². The highest BCUT2D eigenvalue weighted by molar-refractivity contribution is 9.10. The molecule has 2 aromatic carbocycles. The largest absolute Gasteiger partial charge is 0.496 e. The minimum atomic E-state index is -0.233. The summed E-state index contributed by atoms with van der Waals surface area (Å²) in [7, 11) is 1.54. The van der Waals surface area contributed by atoms with Gasteiger partial charge in [0.1, 0.15) is 10.8 Å². The molecule has 1 amide bonds. The molecule has 0 spiro atoms. The Morgan fingerprint density at radius 3 is 2.71 bits per heavy atom. The zero-order valence-electron chi connectivity index (χ0n) is 15.4. The Balaban J connectivity index is 1.61. The summed E-state index contributed by atoms with van der Waals surface area (Å²) in [6.45, 7) is 3.81. The van der Waals surface area contributed by atoms with E-state index in [1.807, 2.05) is 38.1 Å². The number of nitrogens with one attached hydrogen (secondary N) is 1. The van der Waals surface area contributed by atoms with Crippen LogP contribution in [0.2, 0.25) is 0 Å². The van der Waals surface area contributed by atoms with Crippen molar-refractivity contribution < 1.29 is 9.53 Å². The number of fused-ring (bicyclic) bond motifs is 1. The second kappa shape index (κ2) is 7.33. The van der Waals surface area contributed by atoms with E-state index < -0.39 is 0 Å². The van der Waals surface area contributed by atoms with Crippen LogP contribution in [0.4, 0.5) is 5.69 Å². The summed E-state index contributed by atoms with van der Waals surface area (Å²) in [5.41, 5.74) is 3.09. The van der Waals surface area contributed by atoms with E-state index in [9.17, 15) is 4.79 Å². The molecule has 0 aliphatic rings. The number of rotatable bonds is 4. The van der Waals surface area contributed by atoms with E-state index in [-0.39, 0.29) is 5.91 Å². The molecule has 0 radical (unpaired) electrons. The van der Waals surface area contributed by atoms with Crippen LogP contribution in [0.1, 0.15) is 21.7 Å². The second-order valence-corrected chi connectivity index (χ2v) is 8.05. The van der Waals surface area contributed by atoms with E-state index in [1.165, 1.54) is 11.3 Å². The van der Waals surface area contributed by atoms with Crippen molar-refractivity contribution in [3.8, 4) is 16.3 Å². The summed E-state index contributed by atoms with van der Waals surface area (Å²) in [6.07, 6.45) is 0. The van der Waals surface area contributed by atoms with Crippen LogP contribution < -0.4 is 10.1 Å². The van der Waals surface area contributed by atoms with E-state index in [4.69, 9.17) is 4.74 Å². The number of methoxy groups -OCH3 is 1. The molecule has 142 valence electrons. The number of benzene rings is 2. The van der Waals surface area contributed by atoms with Crippen molar-refractivity contribution in [1.82, 2.24) is 19.8 Å². The lowest BCUT2D eigenvalue weighted by Gasteiger charge is -2.12. The lowest BCUT2D eigenvalue weighted by atomic mass is 10.1. The zero-order valence-corrected chi connectivity index (χ0v) is 17.8. The Kier molecular flexibility index (Phi) is 4.86. The van der Waals surface area contributed by atoms with Crippen LogP contribution in [-0.2, 0) is 0 Å². The first-order valence-electron chi connectivity index (χ1n) is 8.41. The third kappa shape index (κ3) is 3.38. The Bertz CT molecular complexity index is 1200. The molecule has 2 heterocycles. The molecule has 0 saturated carbocycles. The maximum atomic E-state index is 12.7. The fourth-order valence-electron chi connectivity index (χ4n) is 2.82. The first-order valence-corrected chi connectivity index (χ1v) is 10.0. The SMILES string of the molecule is COc1ccc(Br)cc1C(=O)Nc1ccc(-c2nn3c(C)nnc3s2)cc1C. The van der Waals surface area contributed by atoms with Gasteiger partial charge < -0.3 is 10.1 Å². The number of halogens is 1. The van der Waals surface area contributed by atoms with Gasteiger partial charge in [-0.1, -0.05) is 27.3 Å². The average molecular weight is 458 g/mol. The minimum absolute atomic E-state index is 0.233. The third-order valence-electron chi connectivity index (χ3n) is 4.27. The molecule has 7 nitrogen and oxygen atoms in total. The molecule has 0 fully saturated rings. The van der Waals surface area contributed by atoms with Gasteiger partial charge >= 0.3 is 0 Å². The number of carbonyl (C=O) groups excluding carboxylic acids is 1. The summed E-state index contributed by atoms with van der Waals surface area (Å²) >= 11 is 4.86. The third-order valence-corrected chi connectivity index (χ3v) is 5.72. The van der Waals surface area contributed by atoms with Crippen LogP contribution in [0.25, 0.3) is 15.5 Å². The van der Waals surface area contributed by atoms with E-state index in [0.717, 1.165) is 37.1 Å². The number of hydrogen-bond donors (Lipinski definition) is 1. The molecule has 1 N–H and O–H groups in total. The number of aromatic nitrogens is 4. The van der Waals surface area contributed by atoms with Crippen LogP contribution in [0.15, 0.2) is 40.9 Å². The van der Waals surface area contributed by atoms with Gasteiger partial charge in [0, 0.05) is 15.7 Å². The summed E-state index contributed by atoms with van der Waals surface area (Å²) in [6, 6.07) is 11.1. The number of aryl methyl sites for hydroxylation is 2. The fraction of sp³-hybridized carbons (Fsp3) is 0.158. The molecule has 2 aromatic heterocycles. The molecule has 0 bridgehead atoms. The summed E-state index contributed by atoms with van der Waals surface area (Å²) < 4.78 is 7.83. The van der Waals surface area contributed by atoms with Crippen molar-refractivity contribution >= 4 is 43.8 Å². The van der Waals surface area contributed by atoms with Gasteiger partial charge in [0.25, 0.3) is 5.91 Å². The molecular formula is C19H16BrN5O2S. The van der Waals surface area contributed by atoms with Crippen LogP contribution in [0.3, 0.4) is 0 Å². The first-order chi connectivity index (χ1) is 13.5. The smallest absolute Gasteiger partial charge is 0.259 e. The monoisotopic (exact) mass is 457 g/mol. The van der Waals surface area contributed by atoms with Crippen molar-refractivity contribution in [3.05, 3.63) is 57.8 Å². The van der Waals surface area contributed by atoms with Crippen LogP contribution in [-0.4, -0.2) is 32.8 Å². The molecule has 4 rings (SSSR count). The van der Waals surface area contributed by atoms with E-state index in [2.05, 4.69) is 36.5 Å². The van der Waals surface area contributed by atoms with Crippen molar-refractivity contribution in [1.29, 1.82) is 0 Å².